The van der Waals surface area contributed by atoms with E-state index in [1.807, 2.05) is 0 Å². The summed E-state index contributed by atoms with van der Waals surface area (Å²) in [5.41, 5.74) is 1.95. The Hall–Kier alpha value is -1.24. The van der Waals surface area contributed by atoms with Crippen molar-refractivity contribution in [2.24, 2.45) is 11.8 Å². The van der Waals surface area contributed by atoms with Gasteiger partial charge in [-0.25, -0.2) is 0 Å². The van der Waals surface area contributed by atoms with Crippen LogP contribution in [0.1, 0.15) is 38.2 Å². The molecule has 0 amide bonds. The van der Waals surface area contributed by atoms with E-state index in [2.05, 4.69) is 43.8 Å². The van der Waals surface area contributed by atoms with Gasteiger partial charge in [-0.05, 0) is 48.5 Å². The van der Waals surface area contributed by atoms with Crippen LogP contribution in [0.5, 0.6) is 0 Å². The maximum absolute atomic E-state index is 5.67. The van der Waals surface area contributed by atoms with E-state index in [-0.39, 0.29) is 0 Å². The van der Waals surface area contributed by atoms with Crippen LogP contribution in [0.15, 0.2) is 43.2 Å². The molecule has 1 heteroatoms. The van der Waals surface area contributed by atoms with Crippen molar-refractivity contribution >= 4 is 0 Å². The quantitative estimate of drug-likeness (QED) is 0.716. The molecule has 2 fully saturated rings. The lowest BCUT2D eigenvalue weighted by molar-refractivity contribution is 0.0652. The van der Waals surface area contributed by atoms with Crippen molar-refractivity contribution in [1.82, 2.24) is 0 Å². The molecule has 1 nitrogen and oxygen atoms in total. The summed E-state index contributed by atoms with van der Waals surface area (Å²) < 4.78 is 5.67. The average Bonchev–Trinajstić information content (AvgIpc) is 2.98. The van der Waals surface area contributed by atoms with Crippen molar-refractivity contribution in [1.29, 1.82) is 0 Å². The van der Waals surface area contributed by atoms with Crippen LogP contribution in [0.2, 0.25) is 0 Å². The zero-order valence-electron chi connectivity index (χ0n) is 11.1. The second kappa shape index (κ2) is 4.46. The first kappa shape index (κ1) is 11.8. The zero-order valence-corrected chi connectivity index (χ0v) is 11.1. The van der Waals surface area contributed by atoms with Crippen LogP contribution in [0, 0.1) is 11.8 Å². The highest BCUT2D eigenvalue weighted by Crippen LogP contribution is 2.59. The van der Waals surface area contributed by atoms with Gasteiger partial charge in [0.15, 0.2) is 0 Å². The predicted molar refractivity (Wildman–Crippen MR) is 74.3 cm³/mol. The van der Waals surface area contributed by atoms with E-state index >= 15 is 0 Å². The van der Waals surface area contributed by atoms with E-state index in [9.17, 15) is 0 Å². The lowest BCUT2D eigenvalue weighted by atomic mass is 9.66. The van der Waals surface area contributed by atoms with Gasteiger partial charge < -0.3 is 4.74 Å². The van der Waals surface area contributed by atoms with Crippen molar-refractivity contribution < 1.29 is 4.74 Å². The molecule has 0 aliphatic heterocycles. The number of ether oxygens (including phenoxy) is 1. The molecule has 2 aliphatic carbocycles. The number of hydrogen-bond acceptors (Lipinski definition) is 1. The van der Waals surface area contributed by atoms with Crippen LogP contribution < -0.4 is 0 Å². The SMILES string of the molecule is C=COC1CC2CC1CC2(CC)c1ccccc1. The first-order chi connectivity index (χ1) is 8.80. The van der Waals surface area contributed by atoms with Gasteiger partial charge in [-0.1, -0.05) is 43.8 Å². The highest BCUT2D eigenvalue weighted by Gasteiger charge is 2.55. The fourth-order valence-corrected chi connectivity index (χ4v) is 4.44. The molecular weight excluding hydrogens is 220 g/mol. The lowest BCUT2D eigenvalue weighted by Crippen LogP contribution is -2.36. The van der Waals surface area contributed by atoms with Gasteiger partial charge in [0.2, 0.25) is 0 Å². The van der Waals surface area contributed by atoms with Crippen molar-refractivity contribution in [3.8, 4) is 0 Å². The summed E-state index contributed by atoms with van der Waals surface area (Å²) in [5, 5.41) is 0. The molecular formula is C17H22O. The van der Waals surface area contributed by atoms with Gasteiger partial charge >= 0.3 is 0 Å². The molecule has 0 heterocycles. The average molecular weight is 242 g/mol. The minimum absolute atomic E-state index is 0.410. The predicted octanol–water partition coefficient (Wildman–Crippen LogP) is 4.29. The Bertz CT molecular complexity index is 424. The Kier molecular flexibility index (Phi) is 2.93. The summed E-state index contributed by atoms with van der Waals surface area (Å²) in [6, 6.07) is 11.1. The maximum atomic E-state index is 5.67. The monoisotopic (exact) mass is 242 g/mol. The molecule has 2 bridgehead atoms. The van der Waals surface area contributed by atoms with Crippen LogP contribution >= 0.6 is 0 Å². The summed E-state index contributed by atoms with van der Waals surface area (Å²) in [7, 11) is 0. The number of rotatable bonds is 4. The van der Waals surface area contributed by atoms with Gasteiger partial charge in [0.05, 0.1) is 6.26 Å². The van der Waals surface area contributed by atoms with Gasteiger partial charge in [0.1, 0.15) is 6.10 Å². The van der Waals surface area contributed by atoms with Gasteiger partial charge in [-0.2, -0.15) is 0 Å². The molecule has 4 atom stereocenters. The highest BCUT2D eigenvalue weighted by atomic mass is 16.5. The number of benzene rings is 1. The van der Waals surface area contributed by atoms with E-state index in [0.717, 1.165) is 11.8 Å². The van der Waals surface area contributed by atoms with Crippen LogP contribution in [0.3, 0.4) is 0 Å². The van der Waals surface area contributed by atoms with Gasteiger partial charge in [0.25, 0.3) is 0 Å². The molecule has 0 N–H and O–H groups in total. The van der Waals surface area contributed by atoms with Gasteiger partial charge in [-0.15, -0.1) is 0 Å². The molecule has 0 saturated heterocycles. The Morgan fingerprint density at radius 3 is 2.67 bits per heavy atom. The zero-order chi connectivity index (χ0) is 12.6. The molecule has 1 aromatic rings. The Morgan fingerprint density at radius 2 is 2.11 bits per heavy atom. The fraction of sp³-hybridized carbons (Fsp3) is 0.529. The number of fused-ring (bicyclic) bond motifs is 2. The molecule has 0 radical (unpaired) electrons. The first-order valence-corrected chi connectivity index (χ1v) is 7.12. The van der Waals surface area contributed by atoms with Gasteiger partial charge in [-0.3, -0.25) is 0 Å². The van der Waals surface area contributed by atoms with Crippen molar-refractivity contribution in [2.45, 2.75) is 44.1 Å². The third-order valence-corrected chi connectivity index (χ3v) is 5.29. The van der Waals surface area contributed by atoms with Crippen molar-refractivity contribution in [3.05, 3.63) is 48.7 Å². The Morgan fingerprint density at radius 1 is 1.33 bits per heavy atom. The van der Waals surface area contributed by atoms with Gasteiger partial charge in [0, 0.05) is 0 Å². The third-order valence-electron chi connectivity index (χ3n) is 5.29. The standard InChI is InChI=1S/C17H22O/c1-3-17(14-8-6-5-7-9-14)12-13-10-15(17)11-16(13)18-4-2/h4-9,13,15-16H,2-3,10-12H2,1H3. The second-order valence-electron chi connectivity index (χ2n) is 5.85. The van der Waals surface area contributed by atoms with Crippen LogP contribution in [-0.4, -0.2) is 6.10 Å². The summed E-state index contributed by atoms with van der Waals surface area (Å²) in [6.07, 6.45) is 7.13. The Balaban J connectivity index is 1.87. The summed E-state index contributed by atoms with van der Waals surface area (Å²) in [5.74, 6) is 1.52. The normalized spacial score (nSPS) is 37.7. The van der Waals surface area contributed by atoms with E-state index in [1.165, 1.54) is 31.2 Å². The molecule has 2 aliphatic rings. The molecule has 1 aromatic carbocycles. The third kappa shape index (κ3) is 1.60. The topological polar surface area (TPSA) is 9.23 Å². The van der Waals surface area contributed by atoms with E-state index in [1.54, 1.807) is 6.26 Å². The molecule has 4 unspecified atom stereocenters. The minimum Gasteiger partial charge on any atom is -0.498 e. The lowest BCUT2D eigenvalue weighted by Gasteiger charge is -2.40. The molecule has 2 saturated carbocycles. The summed E-state index contributed by atoms with van der Waals surface area (Å²) >= 11 is 0. The van der Waals surface area contributed by atoms with Crippen molar-refractivity contribution in [3.63, 3.8) is 0 Å². The van der Waals surface area contributed by atoms with Crippen molar-refractivity contribution in [2.75, 3.05) is 0 Å². The van der Waals surface area contributed by atoms with E-state index < -0.39 is 0 Å². The van der Waals surface area contributed by atoms with Crippen LogP contribution in [0.25, 0.3) is 0 Å². The minimum atomic E-state index is 0.410. The van der Waals surface area contributed by atoms with E-state index in [0.29, 0.717) is 11.5 Å². The first-order valence-electron chi connectivity index (χ1n) is 7.12. The van der Waals surface area contributed by atoms with E-state index in [4.69, 9.17) is 4.74 Å². The highest BCUT2D eigenvalue weighted by molar-refractivity contribution is 5.30. The van der Waals surface area contributed by atoms with Crippen LogP contribution in [-0.2, 0) is 10.2 Å². The second-order valence-corrected chi connectivity index (χ2v) is 5.85. The molecule has 96 valence electrons. The Labute approximate surface area is 110 Å². The molecule has 18 heavy (non-hydrogen) atoms. The van der Waals surface area contributed by atoms with Crippen LogP contribution in [0.4, 0.5) is 0 Å². The summed E-state index contributed by atoms with van der Waals surface area (Å²) in [6.45, 7) is 6.04. The molecule has 0 spiro atoms. The fourth-order valence-electron chi connectivity index (χ4n) is 4.44. The molecule has 3 rings (SSSR count). The smallest absolute Gasteiger partial charge is 0.101 e. The summed E-state index contributed by atoms with van der Waals surface area (Å²) in [4.78, 5) is 0. The number of hydrogen-bond donors (Lipinski definition) is 0. The maximum Gasteiger partial charge on any atom is 0.101 e. The molecule has 0 aromatic heterocycles. The largest absolute Gasteiger partial charge is 0.498 e.